The Hall–Kier alpha value is -0.800. The van der Waals surface area contributed by atoms with Crippen LogP contribution >= 0.6 is 27.3 Å². The Bertz CT molecular complexity index is 397. The molecule has 2 aromatic rings. The van der Waals surface area contributed by atoms with Crippen LogP contribution in [0.25, 0.3) is 0 Å². The summed E-state index contributed by atoms with van der Waals surface area (Å²) in [5.41, 5.74) is 0. The number of ether oxygens (including phenoxy) is 1. The summed E-state index contributed by atoms with van der Waals surface area (Å²) in [4.78, 5) is 1.24. The van der Waals surface area contributed by atoms with Crippen LogP contribution < -0.4 is 4.74 Å². The zero-order chi connectivity index (χ0) is 9.80. The van der Waals surface area contributed by atoms with E-state index in [9.17, 15) is 0 Å². The zero-order valence-electron chi connectivity index (χ0n) is 7.44. The lowest BCUT2D eigenvalue weighted by molar-refractivity contribution is 0.309. The number of benzene rings is 1. The Morgan fingerprint density at radius 2 is 2.14 bits per heavy atom. The molecule has 0 amide bonds. The molecule has 0 aliphatic rings. The molecule has 0 spiro atoms. The maximum Gasteiger partial charge on any atom is 0.122 e. The summed E-state index contributed by atoms with van der Waals surface area (Å²) in [6.07, 6.45) is 0. The third kappa shape index (κ3) is 2.59. The molecule has 1 heterocycles. The van der Waals surface area contributed by atoms with Crippen molar-refractivity contribution in [2.75, 3.05) is 0 Å². The van der Waals surface area contributed by atoms with Crippen LogP contribution in [0.1, 0.15) is 4.88 Å². The van der Waals surface area contributed by atoms with E-state index in [0.717, 1.165) is 10.2 Å². The van der Waals surface area contributed by atoms with Gasteiger partial charge in [-0.3, -0.25) is 0 Å². The average Bonchev–Trinajstić information content (AvgIpc) is 2.67. The second-order valence-corrected chi connectivity index (χ2v) is 4.77. The third-order valence-corrected chi connectivity index (χ3v) is 3.10. The normalized spacial score (nSPS) is 10.1. The van der Waals surface area contributed by atoms with Crippen molar-refractivity contribution >= 4 is 27.3 Å². The van der Waals surface area contributed by atoms with Crippen LogP contribution in [0.5, 0.6) is 5.75 Å². The summed E-state index contributed by atoms with van der Waals surface area (Å²) in [5.74, 6) is 0.896. The summed E-state index contributed by atoms with van der Waals surface area (Å²) in [6, 6.07) is 12.0. The lowest BCUT2D eigenvalue weighted by atomic mass is 10.3. The van der Waals surface area contributed by atoms with Gasteiger partial charge in [0.1, 0.15) is 12.4 Å². The molecule has 0 saturated carbocycles. The summed E-state index contributed by atoms with van der Waals surface area (Å²) < 4.78 is 6.65. The maximum absolute atomic E-state index is 5.61. The predicted molar refractivity (Wildman–Crippen MR) is 62.8 cm³/mol. The van der Waals surface area contributed by atoms with Gasteiger partial charge >= 0.3 is 0 Å². The fourth-order valence-electron chi connectivity index (χ4n) is 1.11. The number of hydrogen-bond acceptors (Lipinski definition) is 2. The fraction of sp³-hybridized carbons (Fsp3) is 0.0909. The van der Waals surface area contributed by atoms with Gasteiger partial charge in [-0.15, -0.1) is 11.3 Å². The smallest absolute Gasteiger partial charge is 0.122 e. The molecule has 72 valence electrons. The van der Waals surface area contributed by atoms with Crippen molar-refractivity contribution in [3.63, 3.8) is 0 Å². The van der Waals surface area contributed by atoms with Crippen molar-refractivity contribution < 1.29 is 4.74 Å². The van der Waals surface area contributed by atoms with Crippen molar-refractivity contribution in [1.29, 1.82) is 0 Å². The Balaban J connectivity index is 1.98. The van der Waals surface area contributed by atoms with Crippen molar-refractivity contribution in [3.05, 3.63) is 51.1 Å². The van der Waals surface area contributed by atoms with Gasteiger partial charge in [-0.05, 0) is 29.6 Å². The van der Waals surface area contributed by atoms with Gasteiger partial charge in [-0.25, -0.2) is 0 Å². The highest BCUT2D eigenvalue weighted by atomic mass is 79.9. The highest BCUT2D eigenvalue weighted by Crippen LogP contribution is 2.19. The molecular formula is C11H9BrOS. The van der Waals surface area contributed by atoms with Gasteiger partial charge in [0, 0.05) is 9.35 Å². The minimum atomic E-state index is 0.647. The first-order valence-electron chi connectivity index (χ1n) is 4.25. The molecule has 0 radical (unpaired) electrons. The van der Waals surface area contributed by atoms with Gasteiger partial charge in [-0.1, -0.05) is 28.1 Å². The lowest BCUT2D eigenvalue weighted by Crippen LogP contribution is -1.91. The van der Waals surface area contributed by atoms with Crippen LogP contribution in [0.4, 0.5) is 0 Å². The van der Waals surface area contributed by atoms with Crippen LogP contribution in [-0.2, 0) is 6.61 Å². The zero-order valence-corrected chi connectivity index (χ0v) is 9.85. The standard InChI is InChI=1S/C11H9BrOS/c12-9-3-1-4-10(7-9)13-8-11-5-2-6-14-11/h1-7H,8H2. The largest absolute Gasteiger partial charge is 0.488 e. The second kappa shape index (κ2) is 4.62. The number of rotatable bonds is 3. The van der Waals surface area contributed by atoms with Crippen LogP contribution in [0.3, 0.4) is 0 Å². The number of hydrogen-bond donors (Lipinski definition) is 0. The summed E-state index contributed by atoms with van der Waals surface area (Å²) in [5, 5.41) is 2.06. The first-order chi connectivity index (χ1) is 6.84. The Kier molecular flexibility index (Phi) is 3.22. The molecule has 1 aromatic heterocycles. The maximum atomic E-state index is 5.61. The van der Waals surface area contributed by atoms with E-state index >= 15 is 0 Å². The molecule has 1 nitrogen and oxygen atoms in total. The molecule has 0 atom stereocenters. The molecule has 0 N–H and O–H groups in total. The SMILES string of the molecule is Brc1cccc(OCc2cccs2)c1. The quantitative estimate of drug-likeness (QED) is 0.815. The lowest BCUT2D eigenvalue weighted by Gasteiger charge is -2.04. The second-order valence-electron chi connectivity index (χ2n) is 2.83. The van der Waals surface area contributed by atoms with E-state index in [4.69, 9.17) is 4.74 Å². The molecule has 1 aromatic carbocycles. The molecular weight excluding hydrogens is 260 g/mol. The van der Waals surface area contributed by atoms with Gasteiger partial charge in [0.05, 0.1) is 0 Å². The van der Waals surface area contributed by atoms with Crippen LogP contribution in [0, 0.1) is 0 Å². The summed E-state index contributed by atoms with van der Waals surface area (Å²) in [6.45, 7) is 0.647. The molecule has 0 aliphatic carbocycles. The Morgan fingerprint density at radius 3 is 2.86 bits per heavy atom. The highest BCUT2D eigenvalue weighted by molar-refractivity contribution is 9.10. The fourth-order valence-corrected chi connectivity index (χ4v) is 2.10. The van der Waals surface area contributed by atoms with Gasteiger partial charge in [0.15, 0.2) is 0 Å². The topological polar surface area (TPSA) is 9.23 Å². The number of halogens is 1. The molecule has 0 saturated heterocycles. The van der Waals surface area contributed by atoms with Gasteiger partial charge in [0.2, 0.25) is 0 Å². The van der Waals surface area contributed by atoms with E-state index in [2.05, 4.69) is 27.4 Å². The van der Waals surface area contributed by atoms with Gasteiger partial charge in [0.25, 0.3) is 0 Å². The minimum Gasteiger partial charge on any atom is -0.488 e. The molecule has 0 fully saturated rings. The predicted octanol–water partition coefficient (Wildman–Crippen LogP) is 4.09. The van der Waals surface area contributed by atoms with Gasteiger partial charge in [-0.2, -0.15) is 0 Å². The first kappa shape index (κ1) is 9.74. The minimum absolute atomic E-state index is 0.647. The van der Waals surface area contributed by atoms with Crippen molar-refractivity contribution in [1.82, 2.24) is 0 Å². The highest BCUT2D eigenvalue weighted by Gasteiger charge is 1.96. The monoisotopic (exact) mass is 268 g/mol. The Morgan fingerprint density at radius 1 is 1.21 bits per heavy atom. The molecule has 14 heavy (non-hydrogen) atoms. The molecule has 3 heteroatoms. The van der Waals surface area contributed by atoms with Crippen molar-refractivity contribution in [2.24, 2.45) is 0 Å². The summed E-state index contributed by atoms with van der Waals surface area (Å²) in [7, 11) is 0. The van der Waals surface area contributed by atoms with Crippen LogP contribution in [-0.4, -0.2) is 0 Å². The average molecular weight is 269 g/mol. The van der Waals surface area contributed by atoms with Crippen LogP contribution in [0.15, 0.2) is 46.3 Å². The van der Waals surface area contributed by atoms with E-state index in [-0.39, 0.29) is 0 Å². The van der Waals surface area contributed by atoms with Crippen molar-refractivity contribution in [3.8, 4) is 5.75 Å². The van der Waals surface area contributed by atoms with Crippen molar-refractivity contribution in [2.45, 2.75) is 6.61 Å². The Labute approximate surface area is 95.5 Å². The first-order valence-corrected chi connectivity index (χ1v) is 5.92. The van der Waals surface area contributed by atoms with Gasteiger partial charge < -0.3 is 4.74 Å². The molecule has 2 rings (SSSR count). The van der Waals surface area contributed by atoms with E-state index in [1.54, 1.807) is 11.3 Å². The summed E-state index contributed by atoms with van der Waals surface area (Å²) >= 11 is 5.11. The number of thiophene rings is 1. The third-order valence-electron chi connectivity index (χ3n) is 1.76. The van der Waals surface area contributed by atoms with E-state index < -0.39 is 0 Å². The van der Waals surface area contributed by atoms with E-state index in [1.807, 2.05) is 30.3 Å². The molecule has 0 aliphatic heterocycles. The van der Waals surface area contributed by atoms with E-state index in [0.29, 0.717) is 6.61 Å². The molecule has 0 unspecified atom stereocenters. The molecule has 0 bridgehead atoms. The van der Waals surface area contributed by atoms with E-state index in [1.165, 1.54) is 4.88 Å². The van der Waals surface area contributed by atoms with Crippen LogP contribution in [0.2, 0.25) is 0 Å².